The summed E-state index contributed by atoms with van der Waals surface area (Å²) in [6.07, 6.45) is 2.95. The molecule has 1 aliphatic carbocycles. The lowest BCUT2D eigenvalue weighted by Crippen LogP contribution is -2.08. The van der Waals surface area contributed by atoms with E-state index in [4.69, 9.17) is 4.74 Å². The molecule has 0 N–H and O–H groups in total. The fourth-order valence-corrected chi connectivity index (χ4v) is 2.40. The number of hydrogen-bond acceptors (Lipinski definition) is 3. The van der Waals surface area contributed by atoms with Gasteiger partial charge < -0.3 is 4.74 Å². The SMILES string of the molecule is Cn1nc(CCC(=O)OCC2CC2)cc1-c1ccc(F)cc1F. The van der Waals surface area contributed by atoms with Crippen molar-refractivity contribution < 1.29 is 18.3 Å². The van der Waals surface area contributed by atoms with E-state index < -0.39 is 11.6 Å². The van der Waals surface area contributed by atoms with Gasteiger partial charge in [-0.05, 0) is 37.0 Å². The molecule has 122 valence electrons. The number of hydrogen-bond donors (Lipinski definition) is 0. The van der Waals surface area contributed by atoms with Crippen molar-refractivity contribution in [3.8, 4) is 11.3 Å². The predicted molar refractivity (Wildman–Crippen MR) is 80.6 cm³/mol. The number of rotatable bonds is 6. The van der Waals surface area contributed by atoms with Gasteiger partial charge in [-0.15, -0.1) is 0 Å². The number of carbonyl (C=O) groups excluding carboxylic acids is 1. The van der Waals surface area contributed by atoms with E-state index in [1.165, 1.54) is 16.8 Å². The van der Waals surface area contributed by atoms with Crippen molar-refractivity contribution in [3.63, 3.8) is 0 Å². The maximum absolute atomic E-state index is 13.9. The summed E-state index contributed by atoms with van der Waals surface area (Å²) < 4.78 is 33.6. The zero-order valence-corrected chi connectivity index (χ0v) is 12.9. The van der Waals surface area contributed by atoms with Crippen LogP contribution >= 0.6 is 0 Å². The Bertz CT molecular complexity index is 723. The molecule has 1 saturated carbocycles. The molecule has 0 saturated heterocycles. The third-order valence-corrected chi connectivity index (χ3v) is 3.90. The second-order valence-electron chi connectivity index (χ2n) is 5.90. The average Bonchev–Trinajstić information content (AvgIpc) is 3.26. The molecule has 0 unspecified atom stereocenters. The summed E-state index contributed by atoms with van der Waals surface area (Å²) in [5, 5.41) is 4.28. The van der Waals surface area contributed by atoms with E-state index in [9.17, 15) is 13.6 Å². The maximum Gasteiger partial charge on any atom is 0.306 e. The van der Waals surface area contributed by atoms with Crippen LogP contribution in [-0.4, -0.2) is 22.4 Å². The zero-order valence-electron chi connectivity index (χ0n) is 12.9. The number of ether oxygens (including phenoxy) is 1. The van der Waals surface area contributed by atoms with Crippen LogP contribution in [0, 0.1) is 17.6 Å². The molecule has 3 rings (SSSR count). The van der Waals surface area contributed by atoms with Gasteiger partial charge >= 0.3 is 5.97 Å². The molecule has 0 atom stereocenters. The van der Waals surface area contributed by atoms with Crippen molar-refractivity contribution in [1.29, 1.82) is 0 Å². The summed E-state index contributed by atoms with van der Waals surface area (Å²) in [5.74, 6) is -0.950. The van der Waals surface area contributed by atoms with Crippen LogP contribution in [-0.2, 0) is 23.0 Å². The lowest BCUT2D eigenvalue weighted by atomic mass is 10.1. The van der Waals surface area contributed by atoms with Gasteiger partial charge in [-0.2, -0.15) is 5.10 Å². The third kappa shape index (κ3) is 3.94. The first-order chi connectivity index (χ1) is 11.0. The summed E-state index contributed by atoms with van der Waals surface area (Å²) >= 11 is 0. The lowest BCUT2D eigenvalue weighted by Gasteiger charge is -2.03. The molecule has 0 aliphatic heterocycles. The summed E-state index contributed by atoms with van der Waals surface area (Å²) in [5.41, 5.74) is 1.50. The van der Waals surface area contributed by atoms with Crippen molar-refractivity contribution in [2.75, 3.05) is 6.61 Å². The van der Waals surface area contributed by atoms with Crippen LogP contribution in [0.1, 0.15) is 25.0 Å². The summed E-state index contributed by atoms with van der Waals surface area (Å²) in [6, 6.07) is 5.15. The molecule has 1 fully saturated rings. The van der Waals surface area contributed by atoms with Gasteiger partial charge in [-0.1, -0.05) is 0 Å². The molecule has 1 heterocycles. The van der Waals surface area contributed by atoms with Gasteiger partial charge in [-0.25, -0.2) is 8.78 Å². The van der Waals surface area contributed by atoms with Crippen LogP contribution < -0.4 is 0 Å². The number of carbonyl (C=O) groups is 1. The van der Waals surface area contributed by atoms with Crippen molar-refractivity contribution in [2.24, 2.45) is 13.0 Å². The fourth-order valence-electron chi connectivity index (χ4n) is 2.40. The van der Waals surface area contributed by atoms with Gasteiger partial charge in [-0.3, -0.25) is 9.48 Å². The molecular weight excluding hydrogens is 302 g/mol. The molecular formula is C17H18F2N2O2. The molecule has 0 amide bonds. The lowest BCUT2D eigenvalue weighted by molar-refractivity contribution is -0.144. The van der Waals surface area contributed by atoms with Gasteiger partial charge in [0.1, 0.15) is 11.6 Å². The Kier molecular flexibility index (Phi) is 4.41. The number of nitrogens with zero attached hydrogens (tertiary/aromatic N) is 2. The van der Waals surface area contributed by atoms with E-state index in [1.807, 2.05) is 0 Å². The average molecular weight is 320 g/mol. The minimum Gasteiger partial charge on any atom is -0.465 e. The van der Waals surface area contributed by atoms with Crippen LogP contribution in [0.2, 0.25) is 0 Å². The van der Waals surface area contributed by atoms with Crippen molar-refractivity contribution in [2.45, 2.75) is 25.7 Å². The molecule has 1 aromatic carbocycles. The quantitative estimate of drug-likeness (QED) is 0.768. The Morgan fingerprint density at radius 2 is 2.13 bits per heavy atom. The van der Waals surface area contributed by atoms with Gasteiger partial charge in [0.2, 0.25) is 0 Å². The van der Waals surface area contributed by atoms with Crippen LogP contribution in [0.5, 0.6) is 0 Å². The topological polar surface area (TPSA) is 44.1 Å². The molecule has 2 aromatic rings. The summed E-state index contributed by atoms with van der Waals surface area (Å²) in [7, 11) is 1.69. The van der Waals surface area contributed by atoms with Crippen molar-refractivity contribution in [1.82, 2.24) is 9.78 Å². The standard InChI is InChI=1S/C17H18F2N2O2/c1-21-16(14-6-4-12(18)8-15(14)19)9-13(20-21)5-7-17(22)23-10-11-2-3-11/h4,6,8-9,11H,2-3,5,7,10H2,1H3. The fraction of sp³-hybridized carbons (Fsp3) is 0.412. The second-order valence-corrected chi connectivity index (χ2v) is 5.90. The number of benzene rings is 1. The highest BCUT2D eigenvalue weighted by Crippen LogP contribution is 2.29. The number of halogens is 2. The van der Waals surface area contributed by atoms with Crippen LogP contribution in [0.25, 0.3) is 11.3 Å². The Morgan fingerprint density at radius 3 is 2.83 bits per heavy atom. The van der Waals surface area contributed by atoms with E-state index in [1.54, 1.807) is 13.1 Å². The molecule has 6 heteroatoms. The first-order valence-electron chi connectivity index (χ1n) is 7.67. The minimum atomic E-state index is -0.636. The first kappa shape index (κ1) is 15.6. The first-order valence-corrected chi connectivity index (χ1v) is 7.67. The maximum atomic E-state index is 13.9. The van der Waals surface area contributed by atoms with E-state index in [-0.39, 0.29) is 18.0 Å². The normalized spacial score (nSPS) is 14.0. The Hall–Kier alpha value is -2.24. The van der Waals surface area contributed by atoms with Gasteiger partial charge in [0.15, 0.2) is 0 Å². The van der Waals surface area contributed by atoms with Crippen LogP contribution in [0.15, 0.2) is 24.3 Å². The molecule has 4 nitrogen and oxygen atoms in total. The summed E-state index contributed by atoms with van der Waals surface area (Å²) in [6.45, 7) is 0.507. The molecule has 23 heavy (non-hydrogen) atoms. The minimum absolute atomic E-state index is 0.239. The monoisotopic (exact) mass is 320 g/mol. The number of esters is 1. The highest BCUT2D eigenvalue weighted by Gasteiger charge is 2.23. The van der Waals surface area contributed by atoms with Crippen molar-refractivity contribution >= 4 is 5.97 Å². The molecule has 0 radical (unpaired) electrons. The Labute approximate surface area is 133 Å². The van der Waals surface area contributed by atoms with Crippen LogP contribution in [0.3, 0.4) is 0 Å². The van der Waals surface area contributed by atoms with Gasteiger partial charge in [0.25, 0.3) is 0 Å². The molecule has 1 aromatic heterocycles. The van der Waals surface area contributed by atoms with Crippen LogP contribution in [0.4, 0.5) is 8.78 Å². The predicted octanol–water partition coefficient (Wildman–Crippen LogP) is 3.25. The molecule has 1 aliphatic rings. The van der Waals surface area contributed by atoms with E-state index >= 15 is 0 Å². The highest BCUT2D eigenvalue weighted by atomic mass is 19.1. The van der Waals surface area contributed by atoms with Gasteiger partial charge in [0.05, 0.1) is 24.4 Å². The van der Waals surface area contributed by atoms with E-state index in [0.29, 0.717) is 30.3 Å². The third-order valence-electron chi connectivity index (χ3n) is 3.90. The number of aryl methyl sites for hydroxylation is 2. The summed E-state index contributed by atoms with van der Waals surface area (Å²) in [4.78, 5) is 11.6. The van der Waals surface area contributed by atoms with E-state index in [0.717, 1.165) is 18.9 Å². The Morgan fingerprint density at radius 1 is 1.35 bits per heavy atom. The zero-order chi connectivity index (χ0) is 16.4. The van der Waals surface area contributed by atoms with E-state index in [2.05, 4.69) is 5.10 Å². The smallest absolute Gasteiger partial charge is 0.306 e. The largest absolute Gasteiger partial charge is 0.465 e. The molecule has 0 spiro atoms. The highest BCUT2D eigenvalue weighted by molar-refractivity contribution is 5.69. The van der Waals surface area contributed by atoms with Crippen molar-refractivity contribution in [3.05, 3.63) is 41.6 Å². The van der Waals surface area contributed by atoms with Gasteiger partial charge in [0, 0.05) is 25.1 Å². The second kappa shape index (κ2) is 6.48. The molecule has 0 bridgehead atoms. The number of aromatic nitrogens is 2. The Balaban J connectivity index is 1.64.